The molecule has 4 heteroatoms. The maximum absolute atomic E-state index is 5.51. The third-order valence-corrected chi connectivity index (χ3v) is 3.08. The Hall–Kier alpha value is -2.25. The SMILES string of the molecule is C#CCOc1ccccc1CNCc1c(C)noc1C. The third kappa shape index (κ3) is 3.40. The van der Waals surface area contributed by atoms with Gasteiger partial charge in [0.05, 0.1) is 5.69 Å². The van der Waals surface area contributed by atoms with E-state index < -0.39 is 0 Å². The van der Waals surface area contributed by atoms with Crippen molar-refractivity contribution in [3.05, 3.63) is 46.8 Å². The van der Waals surface area contributed by atoms with Crippen LogP contribution < -0.4 is 10.1 Å². The molecule has 0 aliphatic heterocycles. The predicted molar refractivity (Wildman–Crippen MR) is 77.3 cm³/mol. The van der Waals surface area contributed by atoms with Crippen molar-refractivity contribution in [2.75, 3.05) is 6.61 Å². The van der Waals surface area contributed by atoms with Crippen LogP contribution in [0.3, 0.4) is 0 Å². The number of nitrogens with one attached hydrogen (secondary N) is 1. The molecule has 0 aliphatic rings. The highest BCUT2D eigenvalue weighted by atomic mass is 16.5. The Kier molecular flexibility index (Phi) is 4.80. The highest BCUT2D eigenvalue weighted by Crippen LogP contribution is 2.18. The summed E-state index contributed by atoms with van der Waals surface area (Å²) in [5, 5.41) is 7.31. The van der Waals surface area contributed by atoms with Crippen LogP contribution in [-0.2, 0) is 13.1 Å². The average Bonchev–Trinajstić information content (AvgIpc) is 2.78. The van der Waals surface area contributed by atoms with Gasteiger partial charge in [0.25, 0.3) is 0 Å². The smallest absolute Gasteiger partial charge is 0.148 e. The minimum absolute atomic E-state index is 0.279. The summed E-state index contributed by atoms with van der Waals surface area (Å²) in [4.78, 5) is 0. The zero-order valence-corrected chi connectivity index (χ0v) is 11.8. The van der Waals surface area contributed by atoms with Gasteiger partial charge in [-0.05, 0) is 19.9 Å². The van der Waals surface area contributed by atoms with E-state index in [2.05, 4.69) is 16.4 Å². The van der Waals surface area contributed by atoms with E-state index >= 15 is 0 Å². The molecule has 0 spiro atoms. The first-order valence-electron chi connectivity index (χ1n) is 6.49. The van der Waals surface area contributed by atoms with Crippen LogP contribution in [0, 0.1) is 26.2 Å². The topological polar surface area (TPSA) is 47.3 Å². The Morgan fingerprint density at radius 1 is 1.30 bits per heavy atom. The van der Waals surface area contributed by atoms with Gasteiger partial charge in [-0.15, -0.1) is 6.42 Å². The molecule has 0 amide bonds. The molecular formula is C16H18N2O2. The van der Waals surface area contributed by atoms with Gasteiger partial charge >= 0.3 is 0 Å². The summed E-state index contributed by atoms with van der Waals surface area (Å²) in [6.45, 7) is 5.55. The number of aryl methyl sites for hydroxylation is 2. The monoisotopic (exact) mass is 270 g/mol. The van der Waals surface area contributed by atoms with Gasteiger partial charge in [0, 0.05) is 24.2 Å². The van der Waals surface area contributed by atoms with Crippen molar-refractivity contribution in [2.24, 2.45) is 0 Å². The molecule has 0 aliphatic carbocycles. The summed E-state index contributed by atoms with van der Waals surface area (Å²) < 4.78 is 10.7. The van der Waals surface area contributed by atoms with Gasteiger partial charge in [0.2, 0.25) is 0 Å². The van der Waals surface area contributed by atoms with E-state index in [0.29, 0.717) is 13.1 Å². The molecule has 0 saturated carbocycles. The van der Waals surface area contributed by atoms with E-state index in [4.69, 9.17) is 15.7 Å². The summed E-state index contributed by atoms with van der Waals surface area (Å²) >= 11 is 0. The molecule has 0 saturated heterocycles. The molecule has 20 heavy (non-hydrogen) atoms. The number of hydrogen-bond acceptors (Lipinski definition) is 4. The van der Waals surface area contributed by atoms with Crippen molar-refractivity contribution in [1.29, 1.82) is 0 Å². The number of aromatic nitrogens is 1. The van der Waals surface area contributed by atoms with Crippen LogP contribution in [0.4, 0.5) is 0 Å². The van der Waals surface area contributed by atoms with Crippen LogP contribution in [0.2, 0.25) is 0 Å². The van der Waals surface area contributed by atoms with Crippen LogP contribution in [0.25, 0.3) is 0 Å². The second kappa shape index (κ2) is 6.78. The fourth-order valence-electron chi connectivity index (χ4n) is 1.99. The standard InChI is InChI=1S/C16H18N2O2/c1-4-9-19-16-8-6-5-7-14(16)10-17-11-15-12(2)18-20-13(15)3/h1,5-8,17H,9-11H2,2-3H3. The predicted octanol–water partition coefficient (Wildman–Crippen LogP) is 2.59. The lowest BCUT2D eigenvalue weighted by Crippen LogP contribution is -2.14. The molecule has 1 N–H and O–H groups in total. The summed E-state index contributed by atoms with van der Waals surface area (Å²) in [5.41, 5.74) is 3.11. The number of ether oxygens (including phenoxy) is 1. The molecule has 4 nitrogen and oxygen atoms in total. The molecule has 1 aromatic carbocycles. The minimum atomic E-state index is 0.279. The second-order valence-electron chi connectivity index (χ2n) is 4.51. The van der Waals surface area contributed by atoms with E-state index in [0.717, 1.165) is 28.3 Å². The Balaban J connectivity index is 1.96. The molecular weight excluding hydrogens is 252 g/mol. The van der Waals surface area contributed by atoms with Crippen molar-refractivity contribution < 1.29 is 9.26 Å². The number of hydrogen-bond donors (Lipinski definition) is 1. The molecule has 0 atom stereocenters. The molecule has 2 rings (SSSR count). The Morgan fingerprint density at radius 3 is 2.80 bits per heavy atom. The lowest BCUT2D eigenvalue weighted by Gasteiger charge is -2.10. The van der Waals surface area contributed by atoms with E-state index in [-0.39, 0.29) is 6.61 Å². The van der Waals surface area contributed by atoms with E-state index in [1.54, 1.807) is 0 Å². The first-order valence-corrected chi connectivity index (χ1v) is 6.49. The van der Waals surface area contributed by atoms with Gasteiger partial charge in [-0.1, -0.05) is 29.3 Å². The third-order valence-electron chi connectivity index (χ3n) is 3.08. The maximum Gasteiger partial charge on any atom is 0.148 e. The van der Waals surface area contributed by atoms with Crippen LogP contribution in [0.1, 0.15) is 22.6 Å². The molecule has 1 heterocycles. The van der Waals surface area contributed by atoms with Gasteiger partial charge in [-0.2, -0.15) is 0 Å². The molecule has 104 valence electrons. The van der Waals surface area contributed by atoms with Crippen LogP contribution in [0.5, 0.6) is 5.75 Å². The first-order chi connectivity index (χ1) is 9.72. The largest absolute Gasteiger partial charge is 0.481 e. The lowest BCUT2D eigenvalue weighted by atomic mass is 10.1. The molecule has 2 aromatic rings. The Bertz CT molecular complexity index is 592. The minimum Gasteiger partial charge on any atom is -0.481 e. The Labute approximate surface area is 119 Å². The average molecular weight is 270 g/mol. The van der Waals surface area contributed by atoms with Gasteiger partial charge in [0.15, 0.2) is 0 Å². The van der Waals surface area contributed by atoms with Crippen molar-refractivity contribution in [3.8, 4) is 18.1 Å². The molecule has 1 aromatic heterocycles. The van der Waals surface area contributed by atoms with Crippen LogP contribution in [-0.4, -0.2) is 11.8 Å². The summed E-state index contributed by atoms with van der Waals surface area (Å²) in [5.74, 6) is 4.14. The number of nitrogens with zero attached hydrogens (tertiary/aromatic N) is 1. The van der Waals surface area contributed by atoms with Gasteiger partial charge < -0.3 is 14.6 Å². The fourth-order valence-corrected chi connectivity index (χ4v) is 1.99. The quantitative estimate of drug-likeness (QED) is 0.820. The van der Waals surface area contributed by atoms with Crippen molar-refractivity contribution in [1.82, 2.24) is 10.5 Å². The van der Waals surface area contributed by atoms with Crippen LogP contribution >= 0.6 is 0 Å². The summed E-state index contributed by atoms with van der Waals surface area (Å²) in [6, 6.07) is 7.86. The van der Waals surface area contributed by atoms with Crippen molar-refractivity contribution >= 4 is 0 Å². The molecule has 0 bridgehead atoms. The number of para-hydroxylation sites is 1. The number of terminal acetylenes is 1. The second-order valence-corrected chi connectivity index (χ2v) is 4.51. The fraction of sp³-hybridized carbons (Fsp3) is 0.312. The maximum atomic E-state index is 5.51. The highest BCUT2D eigenvalue weighted by molar-refractivity contribution is 5.33. The number of rotatable bonds is 6. The Morgan fingerprint density at radius 2 is 2.10 bits per heavy atom. The zero-order chi connectivity index (χ0) is 14.4. The normalized spacial score (nSPS) is 10.2. The van der Waals surface area contributed by atoms with Gasteiger partial charge in [-0.25, -0.2) is 0 Å². The van der Waals surface area contributed by atoms with Gasteiger partial charge in [-0.3, -0.25) is 0 Å². The van der Waals surface area contributed by atoms with Crippen molar-refractivity contribution in [2.45, 2.75) is 26.9 Å². The first kappa shape index (κ1) is 14.2. The molecule has 0 fully saturated rings. The van der Waals surface area contributed by atoms with Crippen molar-refractivity contribution in [3.63, 3.8) is 0 Å². The number of benzene rings is 1. The van der Waals surface area contributed by atoms with E-state index in [1.807, 2.05) is 38.1 Å². The van der Waals surface area contributed by atoms with E-state index in [9.17, 15) is 0 Å². The molecule has 0 radical (unpaired) electrons. The van der Waals surface area contributed by atoms with E-state index in [1.165, 1.54) is 0 Å². The lowest BCUT2D eigenvalue weighted by molar-refractivity contribution is 0.364. The highest BCUT2D eigenvalue weighted by Gasteiger charge is 2.08. The van der Waals surface area contributed by atoms with Crippen LogP contribution in [0.15, 0.2) is 28.8 Å². The molecule has 0 unspecified atom stereocenters. The van der Waals surface area contributed by atoms with Gasteiger partial charge in [0.1, 0.15) is 18.1 Å². The summed E-state index contributed by atoms with van der Waals surface area (Å²) in [7, 11) is 0. The zero-order valence-electron chi connectivity index (χ0n) is 11.8. The summed E-state index contributed by atoms with van der Waals surface area (Å²) in [6.07, 6.45) is 5.22.